The van der Waals surface area contributed by atoms with Crippen LogP contribution in [0.1, 0.15) is 63.1 Å². The zero-order chi connectivity index (χ0) is 45.5. The predicted octanol–water partition coefficient (Wildman–Crippen LogP) is 3.26. The molecule has 1 unspecified atom stereocenters. The molecule has 3 saturated heterocycles. The quantitative estimate of drug-likeness (QED) is 0.123. The van der Waals surface area contributed by atoms with Gasteiger partial charge in [-0.25, -0.2) is 19.4 Å². The number of fused-ring (bicyclic) bond motifs is 1. The third-order valence-corrected chi connectivity index (χ3v) is 13.3. The lowest BCUT2D eigenvalue weighted by Gasteiger charge is -2.46. The number of nitrogens with zero attached hydrogens (tertiary/aromatic N) is 8. The van der Waals surface area contributed by atoms with Crippen molar-refractivity contribution in [2.45, 2.75) is 31.4 Å². The van der Waals surface area contributed by atoms with E-state index < -0.39 is 23.7 Å². The van der Waals surface area contributed by atoms with Crippen LogP contribution in [0.3, 0.4) is 0 Å². The zero-order valence-electron chi connectivity index (χ0n) is 35.0. The molecule has 5 N–H and O–H groups in total. The van der Waals surface area contributed by atoms with Crippen LogP contribution in [0.15, 0.2) is 48.3 Å². The van der Waals surface area contributed by atoms with Gasteiger partial charge >= 0.3 is 12.1 Å². The molecule has 3 fully saturated rings. The maximum Gasteiger partial charge on any atom is 0.435 e. The maximum atomic E-state index is 14.4. The highest BCUT2D eigenvalue weighted by molar-refractivity contribution is 6.34. The lowest BCUT2D eigenvalue weighted by Crippen LogP contribution is -2.62. The normalized spacial score (nSPS) is 21.3. The average Bonchev–Trinajstić information content (AvgIpc) is 3.97. The number of aromatic nitrogens is 5. The van der Waals surface area contributed by atoms with Gasteiger partial charge in [0.25, 0.3) is 11.8 Å². The summed E-state index contributed by atoms with van der Waals surface area (Å²) < 4.78 is 45.9. The third-order valence-electron chi connectivity index (χ3n) is 12.9. The molecule has 8 rings (SSSR count). The summed E-state index contributed by atoms with van der Waals surface area (Å²) in [4.78, 5) is 64.3. The molecule has 3 amide bonds. The Morgan fingerprint density at radius 1 is 1.02 bits per heavy atom. The fourth-order valence-corrected chi connectivity index (χ4v) is 9.73. The van der Waals surface area contributed by atoms with Crippen molar-refractivity contribution in [1.82, 2.24) is 39.4 Å². The summed E-state index contributed by atoms with van der Waals surface area (Å²) >= 11 is 6.58. The highest BCUT2D eigenvalue weighted by Crippen LogP contribution is 2.40. The molecule has 21 heteroatoms. The number of carboxylic acid groups (broad SMARTS) is 1. The maximum absolute atomic E-state index is 14.4. The van der Waals surface area contributed by atoms with Crippen LogP contribution in [0.4, 0.5) is 18.9 Å². The zero-order valence-corrected chi connectivity index (χ0v) is 35.8. The number of amides is 3. The topological polar surface area (TPSA) is 208 Å². The minimum Gasteiger partial charge on any atom is -0.477 e. The van der Waals surface area contributed by atoms with Crippen LogP contribution in [-0.4, -0.2) is 156 Å². The van der Waals surface area contributed by atoms with Gasteiger partial charge in [-0.3, -0.25) is 14.4 Å². The number of rotatable bonds is 13. The van der Waals surface area contributed by atoms with E-state index in [1.807, 2.05) is 0 Å². The van der Waals surface area contributed by atoms with Crippen LogP contribution in [0.25, 0.3) is 23.2 Å². The van der Waals surface area contributed by atoms with E-state index in [-0.39, 0.29) is 95.7 Å². The first kappa shape index (κ1) is 44.9. The number of benzene rings is 1. The van der Waals surface area contributed by atoms with Gasteiger partial charge in [0.1, 0.15) is 0 Å². The van der Waals surface area contributed by atoms with Crippen LogP contribution >= 0.6 is 11.6 Å². The second kappa shape index (κ2) is 18.1. The molecule has 3 aromatic heterocycles. The van der Waals surface area contributed by atoms with E-state index in [0.29, 0.717) is 67.1 Å². The molecule has 0 bridgehead atoms. The van der Waals surface area contributed by atoms with Gasteiger partial charge in [-0.05, 0) is 47.9 Å². The minimum absolute atomic E-state index is 0.0249. The summed E-state index contributed by atoms with van der Waals surface area (Å²) in [5, 5.41) is 38.7. The molecule has 4 aliphatic rings. The van der Waals surface area contributed by atoms with Crippen LogP contribution in [0, 0.1) is 11.8 Å². The van der Waals surface area contributed by atoms with Crippen molar-refractivity contribution in [1.29, 1.82) is 0 Å². The molecule has 340 valence electrons. The van der Waals surface area contributed by atoms with Gasteiger partial charge in [-0.1, -0.05) is 17.7 Å². The molecule has 0 spiro atoms. The molecule has 1 aliphatic carbocycles. The Labute approximate surface area is 370 Å². The summed E-state index contributed by atoms with van der Waals surface area (Å²) in [7, 11) is 1.39. The van der Waals surface area contributed by atoms with Crippen LogP contribution < -0.4 is 10.6 Å². The Hall–Kier alpha value is -5.67. The summed E-state index contributed by atoms with van der Waals surface area (Å²) in [6, 6.07) is 7.53. The summed E-state index contributed by atoms with van der Waals surface area (Å²) in [6.07, 6.45) is 0.633. The van der Waals surface area contributed by atoms with E-state index >= 15 is 0 Å². The van der Waals surface area contributed by atoms with Crippen molar-refractivity contribution in [2.24, 2.45) is 18.9 Å². The number of aliphatic carboxylic acids is 1. The van der Waals surface area contributed by atoms with Crippen molar-refractivity contribution in [3.05, 3.63) is 81.7 Å². The number of imidazole rings is 1. The Bertz CT molecular complexity index is 2490. The highest BCUT2D eigenvalue weighted by Gasteiger charge is 2.43. The number of hydrogen-bond acceptors (Lipinski definition) is 10. The Morgan fingerprint density at radius 2 is 1.73 bits per heavy atom. The van der Waals surface area contributed by atoms with Crippen molar-refractivity contribution >= 4 is 47.1 Å². The Kier molecular flexibility index (Phi) is 12.7. The molecule has 3 aliphatic heterocycles. The lowest BCUT2D eigenvalue weighted by atomic mass is 9.90. The number of carbonyl (C=O) groups excluding carboxylic acids is 3. The summed E-state index contributed by atoms with van der Waals surface area (Å²) in [6.45, 7) is 4.77. The number of pyridine rings is 1. The number of hydrogen-bond donors (Lipinski definition) is 5. The predicted molar refractivity (Wildman–Crippen MR) is 226 cm³/mol. The fraction of sp³-hybridized carbons (Fsp3) is 0.465. The number of anilines is 1. The molecule has 17 nitrogen and oxygen atoms in total. The summed E-state index contributed by atoms with van der Waals surface area (Å²) in [5.74, 6) is -2.06. The molecular formula is C43H49ClF3N10O7+. The molecule has 0 saturated carbocycles. The number of aliphatic hydroxyl groups excluding tert-OH is 2. The number of quaternary nitrogens is 1. The van der Waals surface area contributed by atoms with Crippen LogP contribution in [-0.2, 0) is 22.8 Å². The summed E-state index contributed by atoms with van der Waals surface area (Å²) in [5.41, 5.74) is 0.579. The molecule has 1 aromatic carbocycles. The van der Waals surface area contributed by atoms with E-state index in [9.17, 15) is 47.7 Å². The number of carboxylic acids is 1. The smallest absolute Gasteiger partial charge is 0.435 e. The molecule has 4 aromatic rings. The number of aliphatic hydroxyl groups is 2. The average molecular weight is 910 g/mol. The van der Waals surface area contributed by atoms with Gasteiger partial charge in [0, 0.05) is 95.4 Å². The van der Waals surface area contributed by atoms with E-state index in [0.717, 1.165) is 42.3 Å². The molecule has 0 radical (unpaired) electrons. The number of carbonyl (C=O) groups is 4. The van der Waals surface area contributed by atoms with E-state index in [2.05, 4.69) is 25.7 Å². The number of nitrogens with one attached hydrogen (secondary N) is 2. The van der Waals surface area contributed by atoms with Crippen molar-refractivity contribution in [2.75, 3.05) is 84.0 Å². The van der Waals surface area contributed by atoms with Crippen molar-refractivity contribution < 1.29 is 52.2 Å². The van der Waals surface area contributed by atoms with Gasteiger partial charge < -0.3 is 44.8 Å². The molecule has 6 heterocycles. The van der Waals surface area contributed by atoms with Crippen molar-refractivity contribution in [3.8, 4) is 17.1 Å². The first-order valence-electron chi connectivity index (χ1n) is 21.2. The van der Waals surface area contributed by atoms with Gasteiger partial charge in [0.05, 0.1) is 60.0 Å². The second-order valence-electron chi connectivity index (χ2n) is 17.0. The fourth-order valence-electron chi connectivity index (χ4n) is 9.47. The first-order chi connectivity index (χ1) is 30.6. The number of halogens is 4. The van der Waals surface area contributed by atoms with Crippen LogP contribution in [0.5, 0.6) is 0 Å². The first-order valence-corrected chi connectivity index (χ1v) is 21.5. The number of alkyl halides is 3. The lowest BCUT2D eigenvalue weighted by molar-refractivity contribution is -0.929. The minimum atomic E-state index is -4.89. The molecule has 64 heavy (non-hydrogen) atoms. The largest absolute Gasteiger partial charge is 0.477 e. The third kappa shape index (κ3) is 9.01. The number of piperazine rings is 1. The number of piperidine rings is 1. The van der Waals surface area contributed by atoms with Crippen LogP contribution in [0.2, 0.25) is 5.02 Å². The van der Waals surface area contributed by atoms with Gasteiger partial charge in [0.15, 0.2) is 23.9 Å². The van der Waals surface area contributed by atoms with E-state index in [1.54, 1.807) is 21.9 Å². The SMILES string of the molecule is Cn1c(-c2cn(-c3ccc4c(n3)C=C(CO)C4CCO)nc2C(F)(F)F)cnc1C(=O)Nc1ccc(C(=O)N2CCN(C(=O)C3CC[N+](CC(=O)O)(CC4CNC4)CC3)CC2)c(Cl)c1. The van der Waals surface area contributed by atoms with E-state index in [4.69, 9.17) is 11.6 Å². The number of likely N-dealkylation sites (tertiary alicyclic amines) is 1. The Balaban J connectivity index is 0.893. The van der Waals surface area contributed by atoms with Gasteiger partial charge in [-0.15, -0.1) is 0 Å². The van der Waals surface area contributed by atoms with Gasteiger partial charge in [0.2, 0.25) is 5.91 Å². The standard InChI is InChI=1S/C43H48ClF3N10O7/c1-53-35(32-21-56(52-38(32)43(45,46)47)36-5-4-30-29(8-15-58)27(24-59)16-34(30)51-36)20-49-39(53)40(62)50-28-2-3-31(33(44)17-28)42(64)55-11-9-54(10-12-55)41(63)26-6-13-57(14-7-26,23-37(60)61)22-25-18-48-19-25/h2-5,16-17,20-21,25-26,29,48,58-59H,6-15,18-19,22-24H2,1H3,(H-,50,60,61,62,64)/p+1. The molecule has 1 atom stereocenters. The monoisotopic (exact) mass is 909 g/mol. The Morgan fingerprint density at radius 3 is 2.36 bits per heavy atom. The second-order valence-corrected chi connectivity index (χ2v) is 17.4. The van der Waals surface area contributed by atoms with Crippen molar-refractivity contribution in [3.63, 3.8) is 0 Å². The van der Waals surface area contributed by atoms with Gasteiger partial charge in [-0.2, -0.15) is 18.3 Å². The molecular weight excluding hydrogens is 861 g/mol. The van der Waals surface area contributed by atoms with E-state index in [1.165, 1.54) is 35.9 Å². The highest BCUT2D eigenvalue weighted by atomic mass is 35.5.